The second-order valence-corrected chi connectivity index (χ2v) is 11.5. The highest BCUT2D eigenvalue weighted by molar-refractivity contribution is 5.94. The quantitative estimate of drug-likeness (QED) is 0.292. The van der Waals surface area contributed by atoms with E-state index in [9.17, 15) is 9.59 Å². The van der Waals surface area contributed by atoms with Gasteiger partial charge < -0.3 is 9.80 Å². The van der Waals surface area contributed by atoms with Crippen molar-refractivity contribution in [1.82, 2.24) is 34.9 Å². The van der Waals surface area contributed by atoms with Crippen molar-refractivity contribution in [3.05, 3.63) is 91.0 Å². The highest BCUT2D eigenvalue weighted by Crippen LogP contribution is 2.28. The van der Waals surface area contributed by atoms with Crippen LogP contribution in [0.25, 0.3) is 33.5 Å². The molecule has 2 fully saturated rings. The number of nitrogens with zero attached hydrogens (tertiary/aromatic N) is 7. The number of ketones is 1. The van der Waals surface area contributed by atoms with Gasteiger partial charge in [-0.1, -0.05) is 6.07 Å². The third kappa shape index (κ3) is 5.93. The highest BCUT2D eigenvalue weighted by Gasteiger charge is 2.31. The molecule has 0 unspecified atom stereocenters. The standard InChI is InChI=1S/C34H34N8O2/c43-31(21-24-2-7-30-29(20-24)33(39-38-30)25-8-13-35-14-9-25)27-10-15-40(22-27)23-32(44)42-18-16-41(17-19-42)28-5-3-26(4-6-28)34-36-11-1-12-37-34/h1-9,11-14,20,27H,10,15-19,21-23H2,(H,38,39)/t27-/m1/s1. The van der Waals surface area contributed by atoms with Crippen molar-refractivity contribution in [3.8, 4) is 22.6 Å². The molecule has 0 saturated carbocycles. The van der Waals surface area contributed by atoms with Crippen molar-refractivity contribution < 1.29 is 9.59 Å². The molecule has 0 spiro atoms. The minimum atomic E-state index is -0.0522. The van der Waals surface area contributed by atoms with Crippen LogP contribution in [0.15, 0.2) is 85.5 Å². The molecule has 1 atom stereocenters. The van der Waals surface area contributed by atoms with Gasteiger partial charge in [-0.2, -0.15) is 5.10 Å². The number of aromatic amines is 1. The predicted octanol–water partition coefficient (Wildman–Crippen LogP) is 3.86. The molecule has 10 heteroatoms. The Hall–Kier alpha value is -4.96. The van der Waals surface area contributed by atoms with E-state index in [4.69, 9.17) is 0 Å². The van der Waals surface area contributed by atoms with Crippen LogP contribution >= 0.6 is 0 Å². The van der Waals surface area contributed by atoms with E-state index >= 15 is 0 Å². The van der Waals surface area contributed by atoms with Gasteiger partial charge >= 0.3 is 0 Å². The lowest BCUT2D eigenvalue weighted by Crippen LogP contribution is -2.51. The number of hydrogen-bond acceptors (Lipinski definition) is 8. The maximum Gasteiger partial charge on any atom is 0.236 e. The molecule has 0 radical (unpaired) electrons. The number of hydrogen-bond donors (Lipinski definition) is 1. The number of pyridine rings is 1. The molecule has 1 amide bonds. The smallest absolute Gasteiger partial charge is 0.236 e. The van der Waals surface area contributed by atoms with E-state index in [-0.39, 0.29) is 17.6 Å². The first kappa shape index (κ1) is 27.8. The van der Waals surface area contributed by atoms with Gasteiger partial charge in [0.15, 0.2) is 5.82 Å². The molecule has 2 aromatic carbocycles. The number of piperazine rings is 1. The summed E-state index contributed by atoms with van der Waals surface area (Å²) in [4.78, 5) is 45.6. The van der Waals surface area contributed by atoms with E-state index in [0.717, 1.165) is 65.0 Å². The molecule has 1 N–H and O–H groups in total. The summed E-state index contributed by atoms with van der Waals surface area (Å²) in [5.74, 6) is 1.03. The number of benzene rings is 2. The van der Waals surface area contributed by atoms with Gasteiger partial charge in [0.1, 0.15) is 11.5 Å². The van der Waals surface area contributed by atoms with Crippen molar-refractivity contribution >= 4 is 28.3 Å². The Morgan fingerprint density at radius 3 is 2.39 bits per heavy atom. The number of anilines is 1. The Morgan fingerprint density at radius 1 is 0.841 bits per heavy atom. The second kappa shape index (κ2) is 12.3. The summed E-state index contributed by atoms with van der Waals surface area (Å²) in [6.07, 6.45) is 8.17. The molecule has 3 aromatic heterocycles. The van der Waals surface area contributed by atoms with Crippen LogP contribution in [-0.4, -0.2) is 92.5 Å². The van der Waals surface area contributed by atoms with Gasteiger partial charge in [0.2, 0.25) is 5.91 Å². The zero-order chi connectivity index (χ0) is 29.9. The first-order valence-electron chi connectivity index (χ1n) is 15.1. The summed E-state index contributed by atoms with van der Waals surface area (Å²) in [5, 5.41) is 8.57. The number of Topliss-reactive ketones (excluding diaryl/α,β-unsaturated/α-hetero) is 1. The Kier molecular flexibility index (Phi) is 7.81. The number of aromatic nitrogens is 5. The summed E-state index contributed by atoms with van der Waals surface area (Å²) in [6.45, 7) is 4.74. The van der Waals surface area contributed by atoms with Crippen LogP contribution in [0, 0.1) is 5.92 Å². The Balaban J connectivity index is 0.897. The van der Waals surface area contributed by atoms with E-state index in [0.29, 0.717) is 38.4 Å². The third-order valence-corrected chi connectivity index (χ3v) is 8.73. The fraction of sp³-hybridized carbons (Fsp3) is 0.294. The zero-order valence-corrected chi connectivity index (χ0v) is 24.5. The summed E-state index contributed by atoms with van der Waals surface area (Å²) < 4.78 is 0. The molecule has 5 heterocycles. The molecule has 2 aliphatic rings. The van der Waals surface area contributed by atoms with Crippen LogP contribution in [0.4, 0.5) is 5.69 Å². The van der Waals surface area contributed by atoms with Crippen molar-refractivity contribution in [2.75, 3.05) is 50.7 Å². The van der Waals surface area contributed by atoms with Crippen molar-refractivity contribution in [2.24, 2.45) is 5.92 Å². The first-order valence-corrected chi connectivity index (χ1v) is 15.1. The van der Waals surface area contributed by atoms with Crippen molar-refractivity contribution in [2.45, 2.75) is 12.8 Å². The molecular formula is C34H34N8O2. The maximum atomic E-state index is 13.3. The molecule has 10 nitrogen and oxygen atoms in total. The SMILES string of the molecule is O=C(Cc1ccc2[nH]nc(-c3ccncc3)c2c1)[C@@H]1CCN(CC(=O)N2CCN(c3ccc(-c4ncccn4)cc3)CC2)C1. The van der Waals surface area contributed by atoms with E-state index in [1.807, 2.05) is 47.4 Å². The summed E-state index contributed by atoms with van der Waals surface area (Å²) in [6, 6.07) is 20.0. The highest BCUT2D eigenvalue weighted by atomic mass is 16.2. The lowest BCUT2D eigenvalue weighted by atomic mass is 9.96. The fourth-order valence-corrected chi connectivity index (χ4v) is 6.26. The van der Waals surface area contributed by atoms with Crippen LogP contribution in [0.3, 0.4) is 0 Å². The molecule has 2 saturated heterocycles. The third-order valence-electron chi connectivity index (χ3n) is 8.73. The Morgan fingerprint density at radius 2 is 1.61 bits per heavy atom. The number of H-pyrrole nitrogens is 1. The number of amides is 1. The molecule has 0 bridgehead atoms. The van der Waals surface area contributed by atoms with Crippen molar-refractivity contribution in [1.29, 1.82) is 0 Å². The van der Waals surface area contributed by atoms with Crippen LogP contribution < -0.4 is 4.90 Å². The average Bonchev–Trinajstić information content (AvgIpc) is 3.73. The first-order chi connectivity index (χ1) is 21.6. The van der Waals surface area contributed by atoms with Gasteiger partial charge in [0.05, 0.1) is 12.1 Å². The van der Waals surface area contributed by atoms with Crippen molar-refractivity contribution in [3.63, 3.8) is 0 Å². The monoisotopic (exact) mass is 586 g/mol. The number of carbonyl (C=O) groups is 2. The van der Waals surface area contributed by atoms with Gasteiger partial charge in [-0.05, 0) is 73.1 Å². The number of likely N-dealkylation sites (tertiary alicyclic amines) is 1. The summed E-state index contributed by atoms with van der Waals surface area (Å²) in [5.41, 5.74) is 5.89. The largest absolute Gasteiger partial charge is 0.368 e. The maximum absolute atomic E-state index is 13.3. The zero-order valence-electron chi connectivity index (χ0n) is 24.5. The number of fused-ring (bicyclic) bond motifs is 1. The molecule has 222 valence electrons. The Bertz CT molecular complexity index is 1750. The normalized spacial score (nSPS) is 17.3. The number of carbonyl (C=O) groups excluding carboxylic acids is 2. The van der Waals surface area contributed by atoms with Gasteiger partial charge in [-0.15, -0.1) is 0 Å². The summed E-state index contributed by atoms with van der Waals surface area (Å²) in [7, 11) is 0. The second-order valence-electron chi connectivity index (χ2n) is 11.5. The molecule has 2 aliphatic heterocycles. The van der Waals surface area contributed by atoms with Crippen LogP contribution in [-0.2, 0) is 16.0 Å². The number of nitrogens with one attached hydrogen (secondary N) is 1. The van der Waals surface area contributed by atoms with E-state index in [2.05, 4.69) is 53.1 Å². The molecule has 5 aromatic rings. The minimum Gasteiger partial charge on any atom is -0.368 e. The van der Waals surface area contributed by atoms with Gasteiger partial charge in [-0.3, -0.25) is 24.6 Å². The van der Waals surface area contributed by atoms with Gasteiger partial charge in [0.25, 0.3) is 0 Å². The van der Waals surface area contributed by atoms with E-state index in [1.54, 1.807) is 24.8 Å². The predicted molar refractivity (Wildman–Crippen MR) is 169 cm³/mol. The average molecular weight is 587 g/mol. The topological polar surface area (TPSA) is 111 Å². The minimum absolute atomic E-state index is 0.0522. The fourth-order valence-electron chi connectivity index (χ4n) is 6.26. The van der Waals surface area contributed by atoms with Crippen LogP contribution in [0.2, 0.25) is 0 Å². The Labute approximate surface area is 255 Å². The van der Waals surface area contributed by atoms with E-state index < -0.39 is 0 Å². The lowest BCUT2D eigenvalue weighted by Gasteiger charge is -2.36. The van der Waals surface area contributed by atoms with Crippen LogP contribution in [0.5, 0.6) is 0 Å². The molecule has 0 aliphatic carbocycles. The van der Waals surface area contributed by atoms with E-state index in [1.165, 1.54) is 0 Å². The molecular weight excluding hydrogens is 552 g/mol. The lowest BCUT2D eigenvalue weighted by molar-refractivity contribution is -0.132. The number of rotatable bonds is 8. The van der Waals surface area contributed by atoms with Gasteiger partial charge in [0, 0.05) is 92.1 Å². The summed E-state index contributed by atoms with van der Waals surface area (Å²) >= 11 is 0. The molecule has 7 rings (SSSR count). The van der Waals surface area contributed by atoms with Crippen LogP contribution in [0.1, 0.15) is 12.0 Å². The van der Waals surface area contributed by atoms with Gasteiger partial charge in [-0.25, -0.2) is 9.97 Å². The molecule has 44 heavy (non-hydrogen) atoms.